The molecule has 0 saturated carbocycles. The van der Waals surface area contributed by atoms with Crippen LogP contribution in [0, 0.1) is 5.82 Å². The Morgan fingerprint density at radius 2 is 1.97 bits per heavy atom. The number of hydrogen-bond donors (Lipinski definition) is 4. The maximum atomic E-state index is 13.5. The van der Waals surface area contributed by atoms with Crippen molar-refractivity contribution in [1.82, 2.24) is 9.80 Å². The molecule has 1 aromatic heterocycles. The van der Waals surface area contributed by atoms with E-state index in [1.165, 1.54) is 22.7 Å². The van der Waals surface area contributed by atoms with E-state index in [4.69, 9.17) is 5.73 Å². The average molecular weight is 555 g/mol. The zero-order valence-electron chi connectivity index (χ0n) is 20.5. The number of benzene rings is 1. The largest absolute Gasteiger partial charge is 0.505 e. The second-order valence-electron chi connectivity index (χ2n) is 9.35. The number of fused-ring (bicyclic) bond motifs is 1. The van der Waals surface area contributed by atoms with Gasteiger partial charge in [-0.25, -0.2) is 9.18 Å². The van der Waals surface area contributed by atoms with Crippen molar-refractivity contribution in [3.8, 4) is 5.75 Å². The third-order valence-corrected chi connectivity index (χ3v) is 8.02. The molecule has 202 valence electrons. The van der Waals surface area contributed by atoms with Gasteiger partial charge in [-0.1, -0.05) is 0 Å². The third kappa shape index (κ3) is 5.22. The fourth-order valence-electron chi connectivity index (χ4n) is 4.68. The van der Waals surface area contributed by atoms with Crippen LogP contribution >= 0.6 is 11.8 Å². The Balaban J connectivity index is 1.21. The van der Waals surface area contributed by atoms with E-state index in [-0.39, 0.29) is 29.7 Å². The number of rotatable bonds is 7. The Labute approximate surface area is 226 Å². The van der Waals surface area contributed by atoms with Gasteiger partial charge in [0.2, 0.25) is 18.4 Å². The Bertz CT molecular complexity index is 1440. The van der Waals surface area contributed by atoms with Crippen molar-refractivity contribution in [3.05, 3.63) is 77.0 Å². The van der Waals surface area contributed by atoms with Crippen molar-refractivity contribution < 1.29 is 38.3 Å². The van der Waals surface area contributed by atoms with Gasteiger partial charge in [0.25, 0.3) is 5.91 Å². The lowest BCUT2D eigenvalue weighted by molar-refractivity contribution is -0.684. The normalized spacial score (nSPS) is 21.7. The van der Waals surface area contributed by atoms with Crippen molar-refractivity contribution in [1.29, 1.82) is 0 Å². The van der Waals surface area contributed by atoms with Gasteiger partial charge in [0.05, 0.1) is 0 Å². The molecule has 0 unspecified atom stereocenters. The summed E-state index contributed by atoms with van der Waals surface area (Å²) in [5.41, 5.74) is 7.64. The molecule has 4 heterocycles. The second-order valence-corrected chi connectivity index (χ2v) is 10.5. The van der Waals surface area contributed by atoms with Crippen LogP contribution in [0.25, 0.3) is 0 Å². The lowest BCUT2D eigenvalue weighted by atomic mass is 10.0. The molecule has 2 atom stereocenters. The first-order valence-electron chi connectivity index (χ1n) is 12.1. The molecular formula is C26H25FN5O6S+. The second kappa shape index (κ2) is 10.5. The van der Waals surface area contributed by atoms with Gasteiger partial charge in [0.1, 0.15) is 17.1 Å². The van der Waals surface area contributed by atoms with Crippen molar-refractivity contribution in [3.63, 3.8) is 0 Å². The van der Waals surface area contributed by atoms with Crippen molar-refractivity contribution in [2.24, 2.45) is 5.73 Å². The first-order chi connectivity index (χ1) is 18.6. The number of aliphatic carboxylic acids is 1. The average Bonchev–Trinajstić information content (AvgIpc) is 3.24. The van der Waals surface area contributed by atoms with E-state index < -0.39 is 34.9 Å². The fraction of sp³-hybridized carbons (Fsp3) is 0.269. The number of amides is 3. The monoisotopic (exact) mass is 554 g/mol. The van der Waals surface area contributed by atoms with Gasteiger partial charge in [0, 0.05) is 48.3 Å². The van der Waals surface area contributed by atoms with Crippen LogP contribution in [-0.2, 0) is 32.3 Å². The Morgan fingerprint density at radius 1 is 1.23 bits per heavy atom. The van der Waals surface area contributed by atoms with E-state index in [9.17, 15) is 33.8 Å². The number of aromatic nitrogens is 1. The molecule has 0 spiro atoms. The molecule has 0 bridgehead atoms. The molecule has 5 N–H and O–H groups in total. The third-order valence-electron chi connectivity index (χ3n) is 6.69. The number of carbonyl (C=O) groups is 4. The van der Waals surface area contributed by atoms with Crippen LogP contribution in [0.15, 0.2) is 65.6 Å². The highest BCUT2D eigenvalue weighted by Crippen LogP contribution is 2.40. The lowest BCUT2D eigenvalue weighted by Gasteiger charge is -2.47. The van der Waals surface area contributed by atoms with E-state index in [1.54, 1.807) is 40.1 Å². The minimum atomic E-state index is -1.23. The van der Waals surface area contributed by atoms with Crippen LogP contribution in [0.5, 0.6) is 5.75 Å². The number of nitrogens with zero attached hydrogens (tertiary/aromatic N) is 3. The first kappa shape index (κ1) is 26.4. The number of allylic oxidation sites excluding steroid dienone is 1. The minimum Gasteiger partial charge on any atom is -0.505 e. The lowest BCUT2D eigenvalue weighted by Crippen LogP contribution is -2.68. The van der Waals surface area contributed by atoms with Crippen molar-refractivity contribution in [2.45, 2.75) is 30.9 Å². The van der Waals surface area contributed by atoms with Crippen LogP contribution in [0.2, 0.25) is 0 Å². The molecule has 5 rings (SSSR count). The smallest absolute Gasteiger partial charge is 0.352 e. The highest BCUT2D eigenvalue weighted by Gasteiger charge is 2.51. The number of likely N-dealkylation sites (tertiary alicyclic amines) is 1. The number of pyridine rings is 1. The molecule has 3 aliphatic heterocycles. The summed E-state index contributed by atoms with van der Waals surface area (Å²) in [7, 11) is 0. The predicted molar refractivity (Wildman–Crippen MR) is 137 cm³/mol. The highest BCUT2D eigenvalue weighted by molar-refractivity contribution is 8.00. The minimum absolute atomic E-state index is 0.0252. The Hall–Kier alpha value is -4.23. The Morgan fingerprint density at radius 3 is 2.67 bits per heavy atom. The molecule has 2 aromatic rings. The van der Waals surface area contributed by atoms with E-state index in [2.05, 4.69) is 5.32 Å². The van der Waals surface area contributed by atoms with Gasteiger partial charge in [0.15, 0.2) is 24.0 Å². The van der Waals surface area contributed by atoms with Crippen molar-refractivity contribution in [2.75, 3.05) is 17.6 Å². The molecule has 11 nitrogen and oxygen atoms in total. The molecule has 39 heavy (non-hydrogen) atoms. The van der Waals surface area contributed by atoms with E-state index in [1.807, 2.05) is 0 Å². The summed E-state index contributed by atoms with van der Waals surface area (Å²) in [5.74, 6) is -3.24. The van der Waals surface area contributed by atoms with Crippen LogP contribution in [0.3, 0.4) is 0 Å². The molecule has 1 aromatic carbocycles. The number of thioether (sulfide) groups is 1. The van der Waals surface area contributed by atoms with Crippen LogP contribution in [0.4, 0.5) is 10.1 Å². The summed E-state index contributed by atoms with van der Waals surface area (Å²) in [6.07, 6.45) is 5.42. The number of anilines is 1. The highest BCUT2D eigenvalue weighted by atomic mass is 32.2. The van der Waals surface area contributed by atoms with Gasteiger partial charge in [-0.2, -0.15) is 4.57 Å². The molecule has 2 fully saturated rings. The molecular weight excluding hydrogens is 529 g/mol. The zero-order chi connectivity index (χ0) is 27.8. The number of halogens is 1. The van der Waals surface area contributed by atoms with E-state index in [0.717, 1.165) is 17.7 Å². The standard InChI is InChI=1S/C26H24FN5O6S/c27-18-10-17(1-2-19(18)33)29-20(34)12-30-6-3-14(4-7-30)11-31-8-5-15(23(31)35)9-16-13-39-25-21(28)24(36)32(25)22(16)26(37)38/h1-4,6-7,9-10,21,25H,5,8,11-13,28H2,(H2-,29,33,34,37,38)/p+1/b15-9+/t21-,25-/m1/s1. The SMILES string of the molecule is N[C@@H]1C(=O)N2C(C(=O)O)=C(/C=C3\CCN(Cc4cc[n+](CC(=O)Nc5ccc(O)c(F)c5)cc4)C3=O)CS[C@H]12. The molecule has 0 radical (unpaired) electrons. The quantitative estimate of drug-likeness (QED) is 0.169. The van der Waals surface area contributed by atoms with E-state index in [0.29, 0.717) is 36.4 Å². The Kier molecular flexibility index (Phi) is 7.10. The summed E-state index contributed by atoms with van der Waals surface area (Å²) in [6.45, 7) is 0.768. The molecule has 13 heteroatoms. The van der Waals surface area contributed by atoms with Crippen LogP contribution in [-0.4, -0.2) is 67.4 Å². The number of carboxylic acid groups (broad SMARTS) is 1. The van der Waals surface area contributed by atoms with Crippen molar-refractivity contribution >= 4 is 41.1 Å². The van der Waals surface area contributed by atoms with Gasteiger partial charge in [-0.3, -0.25) is 19.3 Å². The van der Waals surface area contributed by atoms with E-state index >= 15 is 0 Å². The zero-order valence-corrected chi connectivity index (χ0v) is 21.4. The number of phenolic OH excluding ortho intramolecular Hbond substituents is 1. The predicted octanol–water partition coefficient (Wildman–Crippen LogP) is 0.697. The number of β-lactam (4-membered cyclic amide) rings is 1. The molecule has 0 aliphatic carbocycles. The van der Waals surface area contributed by atoms with Crippen LogP contribution < -0.4 is 15.6 Å². The number of carbonyl (C=O) groups excluding carboxylic acids is 3. The molecule has 3 amide bonds. The number of aromatic hydroxyl groups is 1. The number of nitrogens with two attached hydrogens (primary N) is 1. The first-order valence-corrected chi connectivity index (χ1v) is 13.1. The summed E-state index contributed by atoms with van der Waals surface area (Å²) >= 11 is 1.38. The maximum absolute atomic E-state index is 13.5. The number of phenols is 1. The van der Waals surface area contributed by atoms with Gasteiger partial charge < -0.3 is 26.2 Å². The number of hydrogen-bond acceptors (Lipinski definition) is 7. The maximum Gasteiger partial charge on any atom is 0.352 e. The molecule has 3 aliphatic rings. The van der Waals surface area contributed by atoms with Crippen LogP contribution in [0.1, 0.15) is 12.0 Å². The topological polar surface area (TPSA) is 157 Å². The molecule has 2 saturated heterocycles. The summed E-state index contributed by atoms with van der Waals surface area (Å²) in [6, 6.07) is 6.42. The summed E-state index contributed by atoms with van der Waals surface area (Å²) < 4.78 is 15.1. The number of carboxylic acids is 1. The van der Waals surface area contributed by atoms with Gasteiger partial charge in [-0.15, -0.1) is 11.8 Å². The van der Waals surface area contributed by atoms with Gasteiger partial charge in [-0.05, 0) is 35.8 Å². The summed E-state index contributed by atoms with van der Waals surface area (Å²) in [5, 5.41) is 21.1. The van der Waals surface area contributed by atoms with Gasteiger partial charge >= 0.3 is 5.97 Å². The fourth-order valence-corrected chi connectivity index (χ4v) is 5.94. The number of nitrogens with one attached hydrogen (secondary N) is 1. The summed E-state index contributed by atoms with van der Waals surface area (Å²) in [4.78, 5) is 52.2.